The molecule has 2 aromatic heterocycles. The van der Waals surface area contributed by atoms with Crippen molar-refractivity contribution in [2.75, 3.05) is 5.32 Å². The molecule has 26 heavy (non-hydrogen) atoms. The van der Waals surface area contributed by atoms with Gasteiger partial charge in [0.2, 0.25) is 0 Å². The van der Waals surface area contributed by atoms with E-state index in [1.807, 2.05) is 0 Å². The minimum Gasteiger partial charge on any atom is -0.322 e. The van der Waals surface area contributed by atoms with Crippen molar-refractivity contribution in [1.29, 1.82) is 0 Å². The molecule has 2 N–H and O–H groups in total. The van der Waals surface area contributed by atoms with Crippen molar-refractivity contribution in [2.24, 2.45) is 0 Å². The highest BCUT2D eigenvalue weighted by Gasteiger charge is 2.16. The third-order valence-electron chi connectivity index (χ3n) is 3.53. The predicted octanol–water partition coefficient (Wildman–Crippen LogP) is 1.51. The standard InChI is InChI=1S/C17H12F2N4O3/c18-13-5-4-10(7-14(13)19)22-15(24)12-8-21-17(26)23(16(12)25)9-11-3-1-2-6-20-11/h1-8H,9H2,(H,21,26)(H,22,24). The lowest BCUT2D eigenvalue weighted by atomic mass is 10.2. The number of carbonyl (C=O) groups is 1. The number of rotatable bonds is 4. The molecule has 0 atom stereocenters. The topological polar surface area (TPSA) is 96.8 Å². The van der Waals surface area contributed by atoms with Crippen LogP contribution in [-0.4, -0.2) is 20.4 Å². The molecule has 0 radical (unpaired) electrons. The van der Waals surface area contributed by atoms with E-state index in [1.165, 1.54) is 6.20 Å². The molecule has 0 bridgehead atoms. The summed E-state index contributed by atoms with van der Waals surface area (Å²) in [5, 5.41) is 2.28. The average molecular weight is 358 g/mol. The van der Waals surface area contributed by atoms with Crippen LogP contribution in [0.25, 0.3) is 0 Å². The van der Waals surface area contributed by atoms with Crippen LogP contribution in [-0.2, 0) is 6.54 Å². The van der Waals surface area contributed by atoms with Gasteiger partial charge in [0.25, 0.3) is 11.5 Å². The van der Waals surface area contributed by atoms with Gasteiger partial charge in [-0.05, 0) is 24.3 Å². The molecule has 0 aliphatic heterocycles. The zero-order valence-electron chi connectivity index (χ0n) is 13.2. The van der Waals surface area contributed by atoms with Gasteiger partial charge in [-0.25, -0.2) is 13.6 Å². The summed E-state index contributed by atoms with van der Waals surface area (Å²) >= 11 is 0. The van der Waals surface area contributed by atoms with E-state index >= 15 is 0 Å². The van der Waals surface area contributed by atoms with Gasteiger partial charge in [0.15, 0.2) is 11.6 Å². The number of nitrogens with one attached hydrogen (secondary N) is 2. The zero-order valence-corrected chi connectivity index (χ0v) is 13.2. The van der Waals surface area contributed by atoms with E-state index < -0.39 is 28.8 Å². The maximum Gasteiger partial charge on any atom is 0.328 e. The monoisotopic (exact) mass is 358 g/mol. The second-order valence-electron chi connectivity index (χ2n) is 5.30. The van der Waals surface area contributed by atoms with E-state index in [0.29, 0.717) is 5.69 Å². The number of H-pyrrole nitrogens is 1. The fourth-order valence-corrected chi connectivity index (χ4v) is 2.24. The molecule has 0 saturated heterocycles. The molecule has 3 aromatic rings. The van der Waals surface area contributed by atoms with Crippen LogP contribution in [0.2, 0.25) is 0 Å². The van der Waals surface area contributed by atoms with Gasteiger partial charge in [0.05, 0.1) is 12.2 Å². The lowest BCUT2D eigenvalue weighted by molar-refractivity contribution is 0.102. The van der Waals surface area contributed by atoms with Crippen molar-refractivity contribution in [2.45, 2.75) is 6.54 Å². The van der Waals surface area contributed by atoms with Gasteiger partial charge in [-0.3, -0.25) is 19.1 Å². The second kappa shape index (κ2) is 7.09. The first-order valence-corrected chi connectivity index (χ1v) is 7.44. The number of nitrogens with zero attached hydrogens (tertiary/aromatic N) is 2. The summed E-state index contributed by atoms with van der Waals surface area (Å²) in [5.74, 6) is -3.08. The Morgan fingerprint density at radius 2 is 1.96 bits per heavy atom. The van der Waals surface area contributed by atoms with Crippen LogP contribution in [0.4, 0.5) is 14.5 Å². The van der Waals surface area contributed by atoms with Gasteiger partial charge in [-0.2, -0.15) is 0 Å². The van der Waals surface area contributed by atoms with Crippen LogP contribution in [0.15, 0.2) is 58.4 Å². The first-order chi connectivity index (χ1) is 12.5. The van der Waals surface area contributed by atoms with Gasteiger partial charge in [-0.15, -0.1) is 0 Å². The van der Waals surface area contributed by atoms with Gasteiger partial charge in [-0.1, -0.05) is 6.07 Å². The van der Waals surface area contributed by atoms with E-state index in [1.54, 1.807) is 18.2 Å². The first kappa shape index (κ1) is 17.2. The quantitative estimate of drug-likeness (QED) is 0.739. The Balaban J connectivity index is 1.91. The van der Waals surface area contributed by atoms with E-state index in [0.717, 1.165) is 29.0 Å². The summed E-state index contributed by atoms with van der Waals surface area (Å²) in [6.45, 7) is -0.124. The van der Waals surface area contributed by atoms with E-state index in [9.17, 15) is 23.2 Å². The molecule has 0 fully saturated rings. The number of benzene rings is 1. The van der Waals surface area contributed by atoms with Crippen molar-refractivity contribution in [3.63, 3.8) is 0 Å². The number of pyridine rings is 1. The zero-order chi connectivity index (χ0) is 18.7. The second-order valence-corrected chi connectivity index (χ2v) is 5.30. The molecule has 2 heterocycles. The van der Waals surface area contributed by atoms with Gasteiger partial charge in [0.1, 0.15) is 5.56 Å². The molecule has 0 saturated carbocycles. The smallest absolute Gasteiger partial charge is 0.322 e. The van der Waals surface area contributed by atoms with Crippen LogP contribution in [0.3, 0.4) is 0 Å². The van der Waals surface area contributed by atoms with Crippen molar-refractivity contribution in [1.82, 2.24) is 14.5 Å². The molecule has 132 valence electrons. The number of amides is 1. The summed E-state index contributed by atoms with van der Waals surface area (Å²) in [5.41, 5.74) is -1.47. The normalized spacial score (nSPS) is 10.5. The van der Waals surface area contributed by atoms with Gasteiger partial charge >= 0.3 is 5.69 Å². The van der Waals surface area contributed by atoms with Gasteiger partial charge in [0, 0.05) is 24.1 Å². The Morgan fingerprint density at radius 3 is 2.65 bits per heavy atom. The minimum atomic E-state index is -1.14. The summed E-state index contributed by atoms with van der Waals surface area (Å²) in [7, 11) is 0. The first-order valence-electron chi connectivity index (χ1n) is 7.44. The fourth-order valence-electron chi connectivity index (χ4n) is 2.24. The minimum absolute atomic E-state index is 0.0317. The largest absolute Gasteiger partial charge is 0.328 e. The van der Waals surface area contributed by atoms with Crippen LogP contribution in [0, 0.1) is 11.6 Å². The number of aromatic amines is 1. The van der Waals surface area contributed by atoms with Gasteiger partial charge < -0.3 is 10.3 Å². The van der Waals surface area contributed by atoms with E-state index in [4.69, 9.17) is 0 Å². The van der Waals surface area contributed by atoms with E-state index in [-0.39, 0.29) is 17.8 Å². The Morgan fingerprint density at radius 1 is 1.15 bits per heavy atom. The number of hydrogen-bond acceptors (Lipinski definition) is 4. The van der Waals surface area contributed by atoms with Crippen molar-refractivity contribution < 1.29 is 13.6 Å². The summed E-state index contributed by atoms with van der Waals surface area (Å²) < 4.78 is 27.0. The molecule has 0 spiro atoms. The maximum atomic E-state index is 13.2. The molecule has 9 heteroatoms. The van der Waals surface area contributed by atoms with Crippen molar-refractivity contribution in [3.8, 4) is 0 Å². The Labute approximate surface area is 145 Å². The molecule has 1 amide bonds. The number of anilines is 1. The summed E-state index contributed by atoms with van der Waals surface area (Å²) in [6.07, 6.45) is 2.48. The molecular formula is C17H12F2N4O3. The lowest BCUT2D eigenvalue weighted by Gasteiger charge is -2.08. The Kier molecular flexibility index (Phi) is 4.70. The van der Waals surface area contributed by atoms with Crippen LogP contribution in [0.1, 0.15) is 16.1 Å². The third kappa shape index (κ3) is 3.56. The molecule has 0 aliphatic rings. The number of aromatic nitrogens is 3. The summed E-state index contributed by atoms with van der Waals surface area (Å²) in [4.78, 5) is 43.0. The van der Waals surface area contributed by atoms with Crippen molar-refractivity contribution >= 4 is 11.6 Å². The Hall–Kier alpha value is -3.62. The average Bonchev–Trinajstić information content (AvgIpc) is 2.62. The predicted molar refractivity (Wildman–Crippen MR) is 89.0 cm³/mol. The maximum absolute atomic E-state index is 13.2. The lowest BCUT2D eigenvalue weighted by Crippen LogP contribution is -2.39. The molecular weight excluding hydrogens is 346 g/mol. The molecule has 3 rings (SSSR count). The highest BCUT2D eigenvalue weighted by Crippen LogP contribution is 2.13. The van der Waals surface area contributed by atoms with Crippen LogP contribution >= 0.6 is 0 Å². The third-order valence-corrected chi connectivity index (χ3v) is 3.53. The van der Waals surface area contributed by atoms with Crippen LogP contribution < -0.4 is 16.6 Å². The number of hydrogen-bond donors (Lipinski definition) is 2. The fraction of sp³-hybridized carbons (Fsp3) is 0.0588. The molecule has 0 aliphatic carbocycles. The number of carbonyl (C=O) groups excluding carboxylic acids is 1. The Bertz CT molecular complexity index is 1080. The SMILES string of the molecule is O=C(Nc1ccc(F)c(F)c1)c1c[nH]c(=O)n(Cc2ccccn2)c1=O. The number of halogens is 2. The summed E-state index contributed by atoms with van der Waals surface area (Å²) in [6, 6.07) is 7.78. The molecule has 7 nitrogen and oxygen atoms in total. The molecule has 0 unspecified atom stereocenters. The van der Waals surface area contributed by atoms with Crippen LogP contribution in [0.5, 0.6) is 0 Å². The molecule has 1 aromatic carbocycles. The van der Waals surface area contributed by atoms with E-state index in [2.05, 4.69) is 15.3 Å². The van der Waals surface area contributed by atoms with Crippen molar-refractivity contribution in [3.05, 3.63) is 92.5 Å². The highest BCUT2D eigenvalue weighted by atomic mass is 19.2. The highest BCUT2D eigenvalue weighted by molar-refractivity contribution is 6.03.